The molecule has 0 aromatic carbocycles. The van der Waals surface area contributed by atoms with Crippen molar-refractivity contribution in [1.29, 1.82) is 0 Å². The molecule has 0 bridgehead atoms. The van der Waals surface area contributed by atoms with Crippen LogP contribution < -0.4 is 0 Å². The van der Waals surface area contributed by atoms with Crippen LogP contribution >= 0.6 is 0 Å². The predicted molar refractivity (Wildman–Crippen MR) is 65.4 cm³/mol. The lowest BCUT2D eigenvalue weighted by molar-refractivity contribution is -0.0793. The highest BCUT2D eigenvalue weighted by atomic mass is 16.3. The molecule has 0 amide bonds. The van der Waals surface area contributed by atoms with E-state index in [0.717, 1.165) is 19.4 Å². The number of aliphatic hydroxyl groups is 1. The molecule has 1 heterocycles. The van der Waals surface area contributed by atoms with Gasteiger partial charge in [0.25, 0.3) is 0 Å². The molecule has 0 radical (unpaired) electrons. The summed E-state index contributed by atoms with van der Waals surface area (Å²) in [4.78, 5) is 2.51. The van der Waals surface area contributed by atoms with Gasteiger partial charge >= 0.3 is 0 Å². The zero-order chi connectivity index (χ0) is 11.1. The van der Waals surface area contributed by atoms with Gasteiger partial charge in [-0.15, -0.1) is 0 Å². The average Bonchev–Trinajstić information content (AvgIpc) is 2.64. The normalized spacial score (nSPS) is 32.8. The first-order valence-corrected chi connectivity index (χ1v) is 7.15. The van der Waals surface area contributed by atoms with Crippen LogP contribution in [0.25, 0.3) is 0 Å². The van der Waals surface area contributed by atoms with Gasteiger partial charge in [0.05, 0.1) is 5.60 Å². The van der Waals surface area contributed by atoms with E-state index in [1.54, 1.807) is 0 Å². The van der Waals surface area contributed by atoms with Crippen LogP contribution in [0.15, 0.2) is 0 Å². The molecule has 1 spiro atoms. The Hall–Kier alpha value is -0.0800. The average molecular weight is 223 g/mol. The van der Waals surface area contributed by atoms with Gasteiger partial charge in [0, 0.05) is 19.6 Å². The highest BCUT2D eigenvalue weighted by Gasteiger charge is 2.45. The fraction of sp³-hybridized carbons (Fsp3) is 1.00. The smallest absolute Gasteiger partial charge is 0.0774 e. The van der Waals surface area contributed by atoms with Crippen molar-refractivity contribution >= 4 is 0 Å². The van der Waals surface area contributed by atoms with Crippen LogP contribution in [0.5, 0.6) is 0 Å². The maximum absolute atomic E-state index is 10.4. The van der Waals surface area contributed by atoms with E-state index >= 15 is 0 Å². The summed E-state index contributed by atoms with van der Waals surface area (Å²) in [6.07, 6.45) is 11.8. The quantitative estimate of drug-likeness (QED) is 0.777. The molecule has 0 atom stereocenters. The zero-order valence-corrected chi connectivity index (χ0v) is 10.4. The first-order valence-electron chi connectivity index (χ1n) is 7.15. The SMILES string of the molecule is OC1(CN2CC3(CCCCC3)C2)CCCC1. The van der Waals surface area contributed by atoms with Crippen molar-refractivity contribution in [2.75, 3.05) is 19.6 Å². The summed E-state index contributed by atoms with van der Waals surface area (Å²) in [5.74, 6) is 0. The summed E-state index contributed by atoms with van der Waals surface area (Å²) in [5, 5.41) is 10.4. The fourth-order valence-electron chi connectivity index (χ4n) is 4.24. The van der Waals surface area contributed by atoms with Crippen molar-refractivity contribution in [1.82, 2.24) is 4.90 Å². The lowest BCUT2D eigenvalue weighted by Gasteiger charge is -2.54. The van der Waals surface area contributed by atoms with Crippen LogP contribution in [0.4, 0.5) is 0 Å². The molecule has 1 aliphatic heterocycles. The first-order chi connectivity index (χ1) is 7.70. The van der Waals surface area contributed by atoms with E-state index in [1.807, 2.05) is 0 Å². The van der Waals surface area contributed by atoms with Crippen molar-refractivity contribution in [3.8, 4) is 0 Å². The van der Waals surface area contributed by atoms with Gasteiger partial charge in [0.1, 0.15) is 0 Å². The minimum Gasteiger partial charge on any atom is -0.389 e. The third-order valence-corrected chi connectivity index (χ3v) is 5.08. The fourth-order valence-corrected chi connectivity index (χ4v) is 4.24. The molecule has 16 heavy (non-hydrogen) atoms. The molecule has 0 unspecified atom stereocenters. The number of rotatable bonds is 2. The summed E-state index contributed by atoms with van der Waals surface area (Å²) in [6.45, 7) is 3.50. The molecule has 3 fully saturated rings. The molecule has 2 nitrogen and oxygen atoms in total. The van der Waals surface area contributed by atoms with Crippen LogP contribution in [-0.4, -0.2) is 35.2 Å². The van der Waals surface area contributed by atoms with Crippen molar-refractivity contribution in [3.05, 3.63) is 0 Å². The van der Waals surface area contributed by atoms with E-state index in [-0.39, 0.29) is 5.60 Å². The lowest BCUT2D eigenvalue weighted by Crippen LogP contribution is -2.60. The van der Waals surface area contributed by atoms with Crippen molar-refractivity contribution < 1.29 is 5.11 Å². The first kappa shape index (κ1) is 11.0. The second kappa shape index (κ2) is 3.99. The molecular formula is C14H25NO. The maximum atomic E-state index is 10.4. The molecule has 1 N–H and O–H groups in total. The molecule has 0 aromatic heterocycles. The second-order valence-electron chi connectivity index (χ2n) is 6.64. The minimum absolute atomic E-state index is 0.323. The molecular weight excluding hydrogens is 198 g/mol. The standard InChI is InChI=1S/C14H25NO/c16-14(8-4-5-9-14)12-15-10-13(11-15)6-2-1-3-7-13/h16H,1-12H2. The Kier molecular flexibility index (Phi) is 2.75. The zero-order valence-electron chi connectivity index (χ0n) is 10.4. The molecule has 2 aliphatic carbocycles. The van der Waals surface area contributed by atoms with Gasteiger partial charge < -0.3 is 5.11 Å². The van der Waals surface area contributed by atoms with E-state index in [2.05, 4.69) is 4.90 Å². The number of likely N-dealkylation sites (tertiary alicyclic amines) is 1. The summed E-state index contributed by atoms with van der Waals surface area (Å²) in [6, 6.07) is 0. The minimum atomic E-state index is -0.323. The van der Waals surface area contributed by atoms with Gasteiger partial charge in [-0.3, -0.25) is 4.90 Å². The molecule has 1 saturated heterocycles. The van der Waals surface area contributed by atoms with Crippen LogP contribution in [-0.2, 0) is 0 Å². The molecule has 0 aromatic rings. The monoisotopic (exact) mass is 223 g/mol. The van der Waals surface area contributed by atoms with Crippen LogP contribution in [0.1, 0.15) is 57.8 Å². The third-order valence-electron chi connectivity index (χ3n) is 5.08. The van der Waals surface area contributed by atoms with E-state index in [1.165, 1.54) is 58.0 Å². The highest BCUT2D eigenvalue weighted by molar-refractivity contribution is 4.99. The molecule has 3 aliphatic rings. The molecule has 3 rings (SSSR count). The van der Waals surface area contributed by atoms with Gasteiger partial charge in [-0.2, -0.15) is 0 Å². The highest BCUT2D eigenvalue weighted by Crippen LogP contribution is 2.45. The number of β-amino-alcohol motifs (C(OH)–C–C–N with tert-alkyl or cyclic N) is 1. The van der Waals surface area contributed by atoms with E-state index < -0.39 is 0 Å². The van der Waals surface area contributed by atoms with Gasteiger partial charge in [-0.05, 0) is 31.1 Å². The van der Waals surface area contributed by atoms with Gasteiger partial charge in [0.2, 0.25) is 0 Å². The van der Waals surface area contributed by atoms with Crippen molar-refractivity contribution in [2.45, 2.75) is 63.4 Å². The number of hydrogen-bond donors (Lipinski definition) is 1. The third kappa shape index (κ3) is 2.02. The van der Waals surface area contributed by atoms with Crippen LogP contribution in [0.2, 0.25) is 0 Å². The summed E-state index contributed by atoms with van der Waals surface area (Å²) in [5.41, 5.74) is 0.351. The van der Waals surface area contributed by atoms with Crippen LogP contribution in [0.3, 0.4) is 0 Å². The largest absolute Gasteiger partial charge is 0.389 e. The number of nitrogens with zero attached hydrogens (tertiary/aromatic N) is 1. The van der Waals surface area contributed by atoms with Crippen molar-refractivity contribution in [2.24, 2.45) is 5.41 Å². The molecule has 2 heteroatoms. The molecule has 2 saturated carbocycles. The summed E-state index contributed by atoms with van der Waals surface area (Å²) < 4.78 is 0. The van der Waals surface area contributed by atoms with E-state index in [0.29, 0.717) is 5.41 Å². The Bertz CT molecular complexity index is 243. The Morgan fingerprint density at radius 1 is 0.812 bits per heavy atom. The summed E-state index contributed by atoms with van der Waals surface area (Å²) in [7, 11) is 0. The molecule has 92 valence electrons. The van der Waals surface area contributed by atoms with E-state index in [4.69, 9.17) is 0 Å². The van der Waals surface area contributed by atoms with Crippen molar-refractivity contribution in [3.63, 3.8) is 0 Å². The van der Waals surface area contributed by atoms with Gasteiger partial charge in [0.15, 0.2) is 0 Å². The number of hydrogen-bond acceptors (Lipinski definition) is 2. The predicted octanol–water partition coefficient (Wildman–Crippen LogP) is 2.56. The van der Waals surface area contributed by atoms with Gasteiger partial charge in [-0.25, -0.2) is 0 Å². The Balaban J connectivity index is 1.49. The van der Waals surface area contributed by atoms with Crippen LogP contribution in [0, 0.1) is 5.41 Å². The van der Waals surface area contributed by atoms with Gasteiger partial charge in [-0.1, -0.05) is 32.1 Å². The maximum Gasteiger partial charge on any atom is 0.0774 e. The second-order valence-corrected chi connectivity index (χ2v) is 6.64. The Morgan fingerprint density at radius 2 is 1.38 bits per heavy atom. The lowest BCUT2D eigenvalue weighted by atomic mass is 9.68. The Labute approximate surface area is 99.0 Å². The topological polar surface area (TPSA) is 23.5 Å². The summed E-state index contributed by atoms with van der Waals surface area (Å²) >= 11 is 0. The van der Waals surface area contributed by atoms with E-state index in [9.17, 15) is 5.11 Å². The Morgan fingerprint density at radius 3 is 2.00 bits per heavy atom.